The largest absolute Gasteiger partial charge is 0.382 e. The molecule has 1 aromatic heterocycles. The maximum Gasteiger partial charge on any atom is 0.141 e. The first kappa shape index (κ1) is 12.1. The average molecular weight is 236 g/mol. The molecule has 2 rings (SSSR count). The molecule has 1 aliphatic heterocycles. The van der Waals surface area contributed by atoms with E-state index in [-0.39, 0.29) is 0 Å². The van der Waals surface area contributed by atoms with E-state index in [0.717, 1.165) is 31.7 Å². The van der Waals surface area contributed by atoms with Crippen molar-refractivity contribution in [3.8, 4) is 0 Å². The van der Waals surface area contributed by atoms with Crippen molar-refractivity contribution < 1.29 is 4.74 Å². The van der Waals surface area contributed by atoms with E-state index >= 15 is 0 Å². The predicted octanol–water partition coefficient (Wildman–Crippen LogP) is 1.59. The Morgan fingerprint density at radius 2 is 2.24 bits per heavy atom. The van der Waals surface area contributed by atoms with Crippen molar-refractivity contribution >= 4 is 11.5 Å². The quantitative estimate of drug-likeness (QED) is 0.547. The number of hydrogen-bond donors (Lipinski definition) is 3. The zero-order valence-electron chi connectivity index (χ0n) is 10.1. The van der Waals surface area contributed by atoms with Crippen LogP contribution < -0.4 is 16.6 Å². The Morgan fingerprint density at radius 1 is 1.47 bits per heavy atom. The monoisotopic (exact) mass is 236 g/mol. The normalized spacial score (nSPS) is 18.7. The molecule has 4 N–H and O–H groups in total. The average Bonchev–Trinajstić information content (AvgIpc) is 2.40. The third-order valence-electron chi connectivity index (χ3n) is 3.28. The van der Waals surface area contributed by atoms with E-state index in [1.54, 1.807) is 6.20 Å². The lowest BCUT2D eigenvalue weighted by Crippen LogP contribution is -2.31. The summed E-state index contributed by atoms with van der Waals surface area (Å²) >= 11 is 0. The first-order valence-electron chi connectivity index (χ1n) is 6.06. The molecule has 1 aromatic rings. The van der Waals surface area contributed by atoms with Gasteiger partial charge >= 0.3 is 0 Å². The van der Waals surface area contributed by atoms with Crippen LogP contribution in [0.5, 0.6) is 0 Å². The molecular formula is C12H20N4O. The molecule has 1 atom stereocenters. The number of nitrogens with zero attached hydrogens (tertiary/aromatic N) is 1. The topological polar surface area (TPSA) is 72.2 Å². The molecule has 0 aromatic carbocycles. The Morgan fingerprint density at radius 3 is 2.94 bits per heavy atom. The first-order chi connectivity index (χ1) is 8.29. The van der Waals surface area contributed by atoms with Crippen LogP contribution >= 0.6 is 0 Å². The Hall–Kier alpha value is -1.33. The van der Waals surface area contributed by atoms with Gasteiger partial charge in [0.25, 0.3) is 0 Å². The number of nitrogens with two attached hydrogens (primary N) is 1. The lowest BCUT2D eigenvalue weighted by Gasteiger charge is -2.29. The van der Waals surface area contributed by atoms with E-state index in [2.05, 4.69) is 22.7 Å². The number of hydrogen-bond acceptors (Lipinski definition) is 5. The second kappa shape index (κ2) is 5.84. The molecule has 2 heterocycles. The van der Waals surface area contributed by atoms with Crippen molar-refractivity contribution in [3.63, 3.8) is 0 Å². The van der Waals surface area contributed by atoms with Crippen LogP contribution in [0.2, 0.25) is 0 Å². The number of nitrogen functional groups attached to an aromatic ring is 1. The molecule has 5 heteroatoms. The Kier molecular flexibility index (Phi) is 4.17. The number of rotatable bonds is 4. The zero-order valence-corrected chi connectivity index (χ0v) is 10.1. The summed E-state index contributed by atoms with van der Waals surface area (Å²) in [5.41, 5.74) is 3.60. The molecule has 1 fully saturated rings. The van der Waals surface area contributed by atoms with Gasteiger partial charge in [-0.2, -0.15) is 0 Å². The summed E-state index contributed by atoms with van der Waals surface area (Å²) in [6.45, 7) is 3.97. The lowest BCUT2D eigenvalue weighted by atomic mass is 9.93. The van der Waals surface area contributed by atoms with E-state index in [1.165, 1.54) is 0 Å². The number of pyridine rings is 1. The summed E-state index contributed by atoms with van der Waals surface area (Å²) in [5.74, 6) is 6.68. The van der Waals surface area contributed by atoms with Gasteiger partial charge in [-0.1, -0.05) is 0 Å². The summed E-state index contributed by atoms with van der Waals surface area (Å²) in [5, 5.41) is 3.50. The Balaban J connectivity index is 1.94. The molecule has 0 bridgehead atoms. The fraction of sp³-hybridized carbons (Fsp3) is 0.583. The second-order valence-corrected chi connectivity index (χ2v) is 4.46. The van der Waals surface area contributed by atoms with Crippen molar-refractivity contribution in [1.82, 2.24) is 4.98 Å². The summed E-state index contributed by atoms with van der Waals surface area (Å²) in [7, 11) is 0. The Bertz CT molecular complexity index is 352. The van der Waals surface area contributed by atoms with Crippen LogP contribution in [0.25, 0.3) is 0 Å². The molecule has 0 amide bonds. The van der Waals surface area contributed by atoms with Crippen molar-refractivity contribution in [1.29, 1.82) is 0 Å². The van der Waals surface area contributed by atoms with E-state index in [0.29, 0.717) is 17.8 Å². The maximum absolute atomic E-state index is 5.37. The zero-order chi connectivity index (χ0) is 12.1. The molecular weight excluding hydrogens is 216 g/mol. The molecule has 1 saturated heterocycles. The standard InChI is InChI=1S/C12H20N4O/c1-9(10-3-6-17-7-4-10)15-11-2-5-14-12(8-11)16-13/h2,5,8-10H,3-4,6-7,13H2,1H3,(H2,14,15,16). The summed E-state index contributed by atoms with van der Waals surface area (Å²) in [6, 6.07) is 4.30. The van der Waals surface area contributed by atoms with E-state index in [4.69, 9.17) is 10.6 Å². The molecule has 94 valence electrons. The van der Waals surface area contributed by atoms with Crippen LogP contribution in [-0.4, -0.2) is 24.2 Å². The highest BCUT2D eigenvalue weighted by Gasteiger charge is 2.20. The predicted molar refractivity (Wildman–Crippen MR) is 68.7 cm³/mol. The van der Waals surface area contributed by atoms with Crippen molar-refractivity contribution in [2.24, 2.45) is 11.8 Å². The van der Waals surface area contributed by atoms with Gasteiger partial charge in [-0.05, 0) is 31.7 Å². The maximum atomic E-state index is 5.37. The number of ether oxygens (including phenoxy) is 1. The van der Waals surface area contributed by atoms with Gasteiger partial charge in [0.2, 0.25) is 0 Å². The molecule has 1 unspecified atom stereocenters. The molecule has 0 radical (unpaired) electrons. The van der Waals surface area contributed by atoms with Gasteiger partial charge in [-0.3, -0.25) is 0 Å². The molecule has 5 nitrogen and oxygen atoms in total. The van der Waals surface area contributed by atoms with Crippen LogP contribution in [0, 0.1) is 5.92 Å². The summed E-state index contributed by atoms with van der Waals surface area (Å²) < 4.78 is 5.37. The van der Waals surface area contributed by atoms with Crippen LogP contribution in [0.4, 0.5) is 11.5 Å². The van der Waals surface area contributed by atoms with Gasteiger partial charge in [-0.15, -0.1) is 0 Å². The highest BCUT2D eigenvalue weighted by Crippen LogP contribution is 2.22. The minimum atomic E-state index is 0.437. The highest BCUT2D eigenvalue weighted by molar-refractivity contribution is 5.51. The Labute approximate surface area is 102 Å². The fourth-order valence-corrected chi connectivity index (χ4v) is 2.20. The summed E-state index contributed by atoms with van der Waals surface area (Å²) in [4.78, 5) is 4.08. The van der Waals surface area contributed by atoms with Gasteiger partial charge in [0, 0.05) is 37.2 Å². The molecule has 1 aliphatic rings. The van der Waals surface area contributed by atoms with Gasteiger partial charge in [-0.25, -0.2) is 10.8 Å². The van der Waals surface area contributed by atoms with Crippen molar-refractivity contribution in [2.75, 3.05) is 24.0 Å². The van der Waals surface area contributed by atoms with Crippen LogP contribution in [0.3, 0.4) is 0 Å². The number of nitrogens with one attached hydrogen (secondary N) is 2. The van der Waals surface area contributed by atoms with Gasteiger partial charge in [0.1, 0.15) is 5.82 Å². The van der Waals surface area contributed by atoms with Gasteiger partial charge < -0.3 is 15.5 Å². The third kappa shape index (κ3) is 3.31. The second-order valence-electron chi connectivity index (χ2n) is 4.46. The molecule has 0 spiro atoms. The number of aromatic nitrogens is 1. The van der Waals surface area contributed by atoms with Crippen LogP contribution in [0.15, 0.2) is 18.3 Å². The van der Waals surface area contributed by atoms with Gasteiger partial charge in [0.05, 0.1) is 0 Å². The van der Waals surface area contributed by atoms with Crippen molar-refractivity contribution in [2.45, 2.75) is 25.8 Å². The van der Waals surface area contributed by atoms with E-state index < -0.39 is 0 Å². The minimum Gasteiger partial charge on any atom is -0.382 e. The smallest absolute Gasteiger partial charge is 0.141 e. The third-order valence-corrected chi connectivity index (χ3v) is 3.28. The molecule has 0 saturated carbocycles. The highest BCUT2D eigenvalue weighted by atomic mass is 16.5. The minimum absolute atomic E-state index is 0.437. The summed E-state index contributed by atoms with van der Waals surface area (Å²) in [6.07, 6.45) is 4.00. The van der Waals surface area contributed by atoms with E-state index in [1.807, 2.05) is 12.1 Å². The molecule has 0 aliphatic carbocycles. The fourth-order valence-electron chi connectivity index (χ4n) is 2.20. The number of hydrazine groups is 1. The lowest BCUT2D eigenvalue weighted by molar-refractivity contribution is 0.0622. The van der Waals surface area contributed by atoms with Crippen LogP contribution in [0.1, 0.15) is 19.8 Å². The van der Waals surface area contributed by atoms with Crippen LogP contribution in [-0.2, 0) is 4.74 Å². The molecule has 17 heavy (non-hydrogen) atoms. The number of anilines is 2. The van der Waals surface area contributed by atoms with Gasteiger partial charge in [0.15, 0.2) is 0 Å². The SMILES string of the molecule is CC(Nc1ccnc(NN)c1)C1CCOCC1. The van der Waals surface area contributed by atoms with Crippen molar-refractivity contribution in [3.05, 3.63) is 18.3 Å². The van der Waals surface area contributed by atoms with E-state index in [9.17, 15) is 0 Å². The first-order valence-corrected chi connectivity index (χ1v) is 6.06.